The van der Waals surface area contributed by atoms with Gasteiger partial charge in [0.05, 0.1) is 22.8 Å². The zero-order chi connectivity index (χ0) is 25.3. The lowest BCUT2D eigenvalue weighted by Gasteiger charge is -2.29. The summed E-state index contributed by atoms with van der Waals surface area (Å²) in [7, 11) is -5.95. The van der Waals surface area contributed by atoms with E-state index < -0.39 is 29.8 Å². The van der Waals surface area contributed by atoms with Crippen LogP contribution in [0.15, 0.2) is 59.5 Å². The van der Waals surface area contributed by atoms with E-state index in [-0.39, 0.29) is 32.8 Å². The second-order valence-electron chi connectivity index (χ2n) is 7.54. The van der Waals surface area contributed by atoms with Crippen LogP contribution in [0.1, 0.15) is 17.3 Å². The van der Waals surface area contributed by atoms with Gasteiger partial charge in [-0.2, -0.15) is 0 Å². The first-order chi connectivity index (χ1) is 15.9. The molecule has 1 amide bonds. The summed E-state index contributed by atoms with van der Waals surface area (Å²) in [6.45, 7) is 1.39. The molecule has 0 fully saturated rings. The molecule has 1 atom stereocenters. The maximum Gasteiger partial charge on any atom is 0.348 e. The Morgan fingerprint density at radius 3 is 2.26 bits per heavy atom. The van der Waals surface area contributed by atoms with Gasteiger partial charge >= 0.3 is 7.60 Å². The van der Waals surface area contributed by atoms with Gasteiger partial charge in [0.25, 0.3) is 15.9 Å². The van der Waals surface area contributed by atoms with Gasteiger partial charge in [0.2, 0.25) is 0 Å². The lowest BCUT2D eigenvalue weighted by atomic mass is 10.0. The van der Waals surface area contributed by atoms with E-state index in [1.807, 2.05) is 0 Å². The van der Waals surface area contributed by atoms with Crippen molar-refractivity contribution >= 4 is 63.2 Å². The van der Waals surface area contributed by atoms with Crippen LogP contribution in [0.3, 0.4) is 0 Å². The number of nitrogens with zero attached hydrogens (tertiary/aromatic N) is 2. The van der Waals surface area contributed by atoms with Gasteiger partial charge in [0, 0.05) is 29.5 Å². The van der Waals surface area contributed by atoms with E-state index in [2.05, 4.69) is 0 Å². The van der Waals surface area contributed by atoms with Gasteiger partial charge in [-0.15, -0.1) is 0 Å². The van der Waals surface area contributed by atoms with Gasteiger partial charge in [0.1, 0.15) is 6.29 Å². The summed E-state index contributed by atoms with van der Waals surface area (Å²) in [6.07, 6.45) is -0.935. The molecular formula is C22H23Cl2N2O6PS. The van der Waals surface area contributed by atoms with Crippen molar-refractivity contribution in [3.63, 3.8) is 0 Å². The van der Waals surface area contributed by atoms with Crippen LogP contribution in [-0.4, -0.2) is 51.1 Å². The topological polar surface area (TPSA) is 104 Å². The summed E-state index contributed by atoms with van der Waals surface area (Å²) < 4.78 is 46.4. The summed E-state index contributed by atoms with van der Waals surface area (Å²) in [5.74, 6) is -0.491. The molecule has 0 aliphatic carbocycles. The van der Waals surface area contributed by atoms with Crippen molar-refractivity contribution < 1.29 is 27.2 Å². The second kappa shape index (κ2) is 10.2. The SMILES string of the molecule is CCOP(=O)(O)CN(c1c(C(=O)N(C)C)ccc2ccccc12)S(=O)(=O)c1cc(Cl)cc(Cl)c1. The van der Waals surface area contributed by atoms with E-state index in [1.165, 1.54) is 50.2 Å². The van der Waals surface area contributed by atoms with Gasteiger partial charge in [-0.25, -0.2) is 8.42 Å². The Hall–Kier alpha value is -2.13. The van der Waals surface area contributed by atoms with Crippen molar-refractivity contribution in [1.29, 1.82) is 0 Å². The molecule has 34 heavy (non-hydrogen) atoms. The number of halogens is 2. The Kier molecular flexibility index (Phi) is 7.97. The number of amides is 1. The minimum atomic E-state index is -4.54. The molecule has 0 bridgehead atoms. The third kappa shape index (κ3) is 5.57. The summed E-state index contributed by atoms with van der Waals surface area (Å²) in [6, 6.07) is 13.7. The average Bonchev–Trinajstić information content (AvgIpc) is 2.75. The van der Waals surface area contributed by atoms with Crippen LogP contribution in [0.5, 0.6) is 0 Å². The number of carbonyl (C=O) groups excluding carboxylic acids is 1. The number of benzene rings is 3. The highest BCUT2D eigenvalue weighted by Gasteiger charge is 2.36. The van der Waals surface area contributed by atoms with Crippen molar-refractivity contribution in [2.24, 2.45) is 0 Å². The molecule has 3 aromatic rings. The number of hydrogen-bond acceptors (Lipinski definition) is 5. The summed E-state index contributed by atoms with van der Waals surface area (Å²) >= 11 is 12.1. The number of carbonyl (C=O) groups is 1. The second-order valence-corrected chi connectivity index (χ2v) is 12.1. The number of fused-ring (bicyclic) bond motifs is 1. The minimum absolute atomic E-state index is 0.0249. The molecule has 182 valence electrons. The molecule has 3 rings (SSSR count). The van der Waals surface area contributed by atoms with Gasteiger partial charge in [-0.05, 0) is 36.6 Å². The van der Waals surface area contributed by atoms with E-state index in [4.69, 9.17) is 27.7 Å². The molecule has 0 spiro atoms. The largest absolute Gasteiger partial charge is 0.348 e. The molecule has 1 N–H and O–H groups in total. The first-order valence-corrected chi connectivity index (χ1v) is 14.0. The Labute approximate surface area is 208 Å². The van der Waals surface area contributed by atoms with Crippen LogP contribution in [0.4, 0.5) is 5.69 Å². The summed E-state index contributed by atoms with van der Waals surface area (Å²) in [5.41, 5.74) is -0.0289. The Balaban J connectivity index is 2.41. The molecule has 0 saturated heterocycles. The third-order valence-electron chi connectivity index (χ3n) is 4.85. The maximum absolute atomic E-state index is 13.9. The number of hydrogen-bond donors (Lipinski definition) is 1. The Morgan fingerprint density at radius 1 is 1.06 bits per heavy atom. The van der Waals surface area contributed by atoms with Gasteiger partial charge in [-0.1, -0.05) is 53.5 Å². The monoisotopic (exact) mass is 544 g/mol. The van der Waals surface area contributed by atoms with E-state index >= 15 is 0 Å². The van der Waals surface area contributed by atoms with Crippen LogP contribution in [-0.2, 0) is 19.1 Å². The van der Waals surface area contributed by atoms with Crippen LogP contribution in [0.2, 0.25) is 10.0 Å². The molecule has 0 aromatic heterocycles. The van der Waals surface area contributed by atoms with Gasteiger partial charge < -0.3 is 14.3 Å². The predicted octanol–water partition coefficient (Wildman–Crippen LogP) is 5.22. The van der Waals surface area contributed by atoms with Gasteiger partial charge in [0.15, 0.2) is 0 Å². The first-order valence-electron chi connectivity index (χ1n) is 10.1. The molecule has 0 saturated carbocycles. The highest BCUT2D eigenvalue weighted by molar-refractivity contribution is 7.93. The zero-order valence-electron chi connectivity index (χ0n) is 18.6. The highest BCUT2D eigenvalue weighted by atomic mass is 35.5. The molecule has 0 aliphatic heterocycles. The fourth-order valence-corrected chi connectivity index (χ4v) is 7.31. The number of rotatable bonds is 8. The molecule has 8 nitrogen and oxygen atoms in total. The normalized spacial score (nSPS) is 13.5. The highest BCUT2D eigenvalue weighted by Crippen LogP contribution is 2.47. The predicted molar refractivity (Wildman–Crippen MR) is 134 cm³/mol. The maximum atomic E-state index is 13.9. The van der Waals surface area contributed by atoms with E-state index in [0.29, 0.717) is 10.8 Å². The lowest BCUT2D eigenvalue weighted by molar-refractivity contribution is 0.0828. The minimum Gasteiger partial charge on any atom is -0.345 e. The fraction of sp³-hybridized carbons (Fsp3) is 0.227. The van der Waals surface area contributed by atoms with Crippen LogP contribution in [0, 0.1) is 0 Å². The first kappa shape index (κ1) is 26.5. The van der Waals surface area contributed by atoms with E-state index in [9.17, 15) is 22.7 Å². The van der Waals surface area contributed by atoms with Crippen molar-refractivity contribution in [1.82, 2.24) is 4.90 Å². The van der Waals surface area contributed by atoms with Crippen molar-refractivity contribution in [2.75, 3.05) is 31.3 Å². The number of sulfonamides is 1. The van der Waals surface area contributed by atoms with Crippen molar-refractivity contribution in [3.8, 4) is 0 Å². The van der Waals surface area contributed by atoms with E-state index in [0.717, 1.165) is 4.31 Å². The smallest absolute Gasteiger partial charge is 0.345 e. The lowest BCUT2D eigenvalue weighted by Crippen LogP contribution is -2.35. The fourth-order valence-electron chi connectivity index (χ4n) is 3.41. The number of anilines is 1. The standard InChI is InChI=1S/C22H23Cl2N2O6PS/c1-4-32-33(28,29)14-26(34(30,31)18-12-16(23)11-17(24)13-18)21-19-8-6-5-7-15(19)9-10-20(21)22(27)25(2)3/h5-13H,4,14H2,1-3H3,(H,28,29). The quantitative estimate of drug-likeness (QED) is 0.389. The summed E-state index contributed by atoms with van der Waals surface area (Å²) in [5, 5.41) is 1.14. The zero-order valence-corrected chi connectivity index (χ0v) is 21.8. The van der Waals surface area contributed by atoms with Crippen LogP contribution >= 0.6 is 30.8 Å². The average molecular weight is 545 g/mol. The molecule has 3 aromatic carbocycles. The molecule has 0 radical (unpaired) electrons. The third-order valence-corrected chi connectivity index (χ3v) is 8.50. The molecule has 12 heteroatoms. The van der Waals surface area contributed by atoms with E-state index in [1.54, 1.807) is 30.3 Å². The van der Waals surface area contributed by atoms with Gasteiger partial charge in [-0.3, -0.25) is 13.7 Å². The van der Waals surface area contributed by atoms with Crippen LogP contribution < -0.4 is 4.31 Å². The summed E-state index contributed by atoms with van der Waals surface area (Å²) in [4.78, 5) is 24.5. The van der Waals surface area contributed by atoms with Crippen LogP contribution in [0.25, 0.3) is 10.8 Å². The van der Waals surface area contributed by atoms with Crippen molar-refractivity contribution in [3.05, 3.63) is 70.2 Å². The molecular weight excluding hydrogens is 522 g/mol. The Morgan fingerprint density at radius 2 is 1.68 bits per heavy atom. The molecule has 1 unspecified atom stereocenters. The van der Waals surface area contributed by atoms with Crippen molar-refractivity contribution in [2.45, 2.75) is 11.8 Å². The Bertz CT molecular complexity index is 1380. The molecule has 0 heterocycles. The molecule has 0 aliphatic rings.